The van der Waals surface area contributed by atoms with Crippen molar-refractivity contribution in [3.8, 4) is 0 Å². The maximum atomic E-state index is 13.2. The Kier molecular flexibility index (Phi) is 4.64. The molecule has 1 aromatic rings. The van der Waals surface area contributed by atoms with E-state index in [-0.39, 0.29) is 16.4 Å². The molecule has 30 heavy (non-hydrogen) atoms. The Balaban J connectivity index is 1.45. The van der Waals surface area contributed by atoms with E-state index in [9.17, 15) is 14.0 Å². The zero-order valence-electron chi connectivity index (χ0n) is 17.7. The van der Waals surface area contributed by atoms with Gasteiger partial charge in [-0.15, -0.1) is 0 Å². The van der Waals surface area contributed by atoms with E-state index in [1.165, 1.54) is 23.8 Å². The van der Waals surface area contributed by atoms with Crippen molar-refractivity contribution < 1.29 is 14.0 Å². The minimum absolute atomic E-state index is 0.0117. The summed E-state index contributed by atoms with van der Waals surface area (Å²) in [4.78, 5) is 4.12. The van der Waals surface area contributed by atoms with Gasteiger partial charge >= 0.3 is 0 Å². The van der Waals surface area contributed by atoms with Crippen LogP contribution in [0, 0.1) is 28.6 Å². The van der Waals surface area contributed by atoms with E-state index in [0.717, 1.165) is 49.8 Å². The molecule has 5 atom stereocenters. The van der Waals surface area contributed by atoms with Gasteiger partial charge in [-0.3, -0.25) is 4.98 Å². The van der Waals surface area contributed by atoms with Crippen molar-refractivity contribution in [2.75, 3.05) is 0 Å². The molecule has 1 N–H and O–H groups in total. The van der Waals surface area contributed by atoms with Crippen LogP contribution in [0.1, 0.15) is 76.3 Å². The van der Waals surface area contributed by atoms with Gasteiger partial charge < -0.3 is 5.21 Å². The average molecular weight is 413 g/mol. The summed E-state index contributed by atoms with van der Waals surface area (Å²) in [5, 5.41) is 12.7. The van der Waals surface area contributed by atoms with Gasteiger partial charge in [-0.1, -0.05) is 30.7 Å². The normalized spacial score (nSPS) is 39.2. The summed E-state index contributed by atoms with van der Waals surface area (Å²) in [7, 11) is 0. The third-order valence-corrected chi connectivity index (χ3v) is 9.01. The number of fused-ring (bicyclic) bond motifs is 5. The average Bonchev–Trinajstić information content (AvgIpc) is 3.10. The number of rotatable bonds is 2. The van der Waals surface area contributed by atoms with Crippen molar-refractivity contribution in [2.45, 2.75) is 65.2 Å². The second-order valence-electron chi connectivity index (χ2n) is 10.2. The first-order chi connectivity index (χ1) is 14.4. The van der Waals surface area contributed by atoms with Gasteiger partial charge in [0.15, 0.2) is 0 Å². The molecule has 3 nitrogen and oxygen atoms in total. The van der Waals surface area contributed by atoms with E-state index in [1.54, 1.807) is 12.3 Å². The molecule has 2 fully saturated rings. The van der Waals surface area contributed by atoms with E-state index < -0.39 is 6.43 Å². The molecule has 5 heteroatoms. The quantitative estimate of drug-likeness (QED) is 0.429. The highest BCUT2D eigenvalue weighted by Gasteiger charge is 2.57. The largest absolute Gasteiger partial charge is 0.411 e. The maximum absolute atomic E-state index is 13.2. The first kappa shape index (κ1) is 19.9. The van der Waals surface area contributed by atoms with Crippen LogP contribution in [-0.4, -0.2) is 15.9 Å². The number of alkyl halides is 2. The Hall–Kier alpha value is -2.04. The Bertz CT molecular complexity index is 952. The maximum Gasteiger partial charge on any atom is 0.265 e. The lowest BCUT2D eigenvalue weighted by Gasteiger charge is -2.58. The van der Waals surface area contributed by atoms with Crippen molar-refractivity contribution in [2.24, 2.45) is 33.7 Å². The number of allylic oxidation sites excluding steroid dienone is 4. The first-order valence-corrected chi connectivity index (χ1v) is 11.2. The molecule has 5 rings (SSSR count). The first-order valence-electron chi connectivity index (χ1n) is 11.2. The summed E-state index contributed by atoms with van der Waals surface area (Å²) in [5.74, 6) is 1.86. The van der Waals surface area contributed by atoms with Gasteiger partial charge in [0.25, 0.3) is 6.43 Å². The molecule has 1 aromatic heterocycles. The summed E-state index contributed by atoms with van der Waals surface area (Å²) < 4.78 is 26.5. The van der Waals surface area contributed by atoms with Crippen molar-refractivity contribution in [3.63, 3.8) is 0 Å². The molecular weight excluding hydrogens is 382 g/mol. The van der Waals surface area contributed by atoms with E-state index in [2.05, 4.69) is 36.1 Å². The van der Waals surface area contributed by atoms with Gasteiger partial charge in [0.2, 0.25) is 0 Å². The Morgan fingerprint density at radius 2 is 1.93 bits per heavy atom. The zero-order chi connectivity index (χ0) is 21.1. The SMILES string of the molecule is C[C@]12CC/C(=N\O)C=C1CC[C@@H]1C2CC[C@]2(C)C(c3cncc(C(F)F)c3)=CCC12. The van der Waals surface area contributed by atoms with Crippen LogP contribution in [0.15, 0.2) is 41.3 Å². The molecule has 0 amide bonds. The second kappa shape index (κ2) is 7.00. The summed E-state index contributed by atoms with van der Waals surface area (Å²) >= 11 is 0. The summed E-state index contributed by atoms with van der Waals surface area (Å²) in [6, 6.07) is 1.64. The van der Waals surface area contributed by atoms with Gasteiger partial charge in [-0.25, -0.2) is 8.78 Å². The van der Waals surface area contributed by atoms with Crippen LogP contribution >= 0.6 is 0 Å². The van der Waals surface area contributed by atoms with Crippen molar-refractivity contribution in [1.82, 2.24) is 4.98 Å². The zero-order valence-corrected chi connectivity index (χ0v) is 17.7. The Morgan fingerprint density at radius 1 is 1.10 bits per heavy atom. The highest BCUT2D eigenvalue weighted by Crippen LogP contribution is 2.66. The van der Waals surface area contributed by atoms with Gasteiger partial charge in [-0.2, -0.15) is 0 Å². The van der Waals surface area contributed by atoms with E-state index in [4.69, 9.17) is 0 Å². The number of aromatic nitrogens is 1. The molecule has 0 aromatic carbocycles. The molecule has 2 unspecified atom stereocenters. The van der Waals surface area contributed by atoms with Crippen LogP contribution in [0.25, 0.3) is 5.57 Å². The van der Waals surface area contributed by atoms with Crippen molar-refractivity contribution in [1.29, 1.82) is 0 Å². The second-order valence-corrected chi connectivity index (χ2v) is 10.2. The molecule has 0 saturated heterocycles. The number of halogens is 2. The highest BCUT2D eigenvalue weighted by atomic mass is 19.3. The Labute approximate surface area is 177 Å². The third-order valence-electron chi connectivity index (χ3n) is 9.01. The lowest BCUT2D eigenvalue weighted by atomic mass is 9.46. The van der Waals surface area contributed by atoms with E-state index in [0.29, 0.717) is 17.8 Å². The van der Waals surface area contributed by atoms with Gasteiger partial charge in [-0.05, 0) is 96.8 Å². The number of hydrogen-bond acceptors (Lipinski definition) is 3. The topological polar surface area (TPSA) is 45.5 Å². The minimum Gasteiger partial charge on any atom is -0.411 e. The van der Waals surface area contributed by atoms with Gasteiger partial charge in [0.05, 0.1) is 5.71 Å². The fraction of sp³-hybridized carbons (Fsp3) is 0.600. The summed E-state index contributed by atoms with van der Waals surface area (Å²) in [5.41, 5.74) is 4.62. The van der Waals surface area contributed by atoms with Crippen LogP contribution in [0.3, 0.4) is 0 Å². The smallest absolute Gasteiger partial charge is 0.265 e. The van der Waals surface area contributed by atoms with Gasteiger partial charge in [0, 0.05) is 18.0 Å². The predicted octanol–water partition coefficient (Wildman–Crippen LogP) is 6.81. The summed E-state index contributed by atoms with van der Waals surface area (Å²) in [6.07, 6.45) is 12.4. The molecule has 4 aliphatic rings. The molecule has 4 aliphatic carbocycles. The van der Waals surface area contributed by atoms with Crippen LogP contribution in [0.2, 0.25) is 0 Å². The highest BCUT2D eigenvalue weighted by molar-refractivity contribution is 5.96. The standard InChI is InChI=1S/C25H30F2N2O/c1-24-9-7-18(29-30)12-17(24)3-4-19-21-6-5-20(25(21,2)10-8-22(19)24)15-11-16(23(26)27)14-28-13-15/h5,11-14,19,21-23,30H,3-4,6-10H2,1-2H3/b29-18+/t19-,21?,22?,24-,25+/m0/s1. The number of nitrogens with zero attached hydrogens (tertiary/aromatic N) is 2. The van der Waals surface area contributed by atoms with Crippen LogP contribution in [-0.2, 0) is 0 Å². The molecular formula is C25H30F2N2O. The summed E-state index contributed by atoms with van der Waals surface area (Å²) in [6.45, 7) is 4.78. The molecule has 0 spiro atoms. The van der Waals surface area contributed by atoms with Crippen LogP contribution in [0.4, 0.5) is 8.78 Å². The monoisotopic (exact) mass is 412 g/mol. The fourth-order valence-corrected chi connectivity index (χ4v) is 7.39. The Morgan fingerprint density at radius 3 is 2.70 bits per heavy atom. The molecule has 0 radical (unpaired) electrons. The molecule has 0 aliphatic heterocycles. The minimum atomic E-state index is -2.49. The lowest BCUT2D eigenvalue weighted by molar-refractivity contribution is -0.0190. The third kappa shape index (κ3) is 2.80. The van der Waals surface area contributed by atoms with Crippen molar-refractivity contribution in [3.05, 3.63) is 47.3 Å². The molecule has 160 valence electrons. The number of hydrogen-bond donors (Lipinski definition) is 1. The lowest BCUT2D eigenvalue weighted by Crippen LogP contribution is -2.49. The van der Waals surface area contributed by atoms with Gasteiger partial charge in [0.1, 0.15) is 0 Å². The van der Waals surface area contributed by atoms with Crippen LogP contribution in [0.5, 0.6) is 0 Å². The molecule has 0 bridgehead atoms. The molecule has 2 saturated carbocycles. The number of pyridine rings is 1. The molecule has 1 heterocycles. The van der Waals surface area contributed by atoms with Crippen molar-refractivity contribution >= 4 is 11.3 Å². The van der Waals surface area contributed by atoms with E-state index in [1.807, 2.05) is 0 Å². The van der Waals surface area contributed by atoms with Crippen LogP contribution < -0.4 is 0 Å². The predicted molar refractivity (Wildman–Crippen MR) is 113 cm³/mol. The van der Waals surface area contributed by atoms with E-state index >= 15 is 0 Å². The fourth-order valence-electron chi connectivity index (χ4n) is 7.39. The number of oxime groups is 1.